The lowest BCUT2D eigenvalue weighted by atomic mass is 10.1. The number of carbonyl (C=O) groups is 3. The number of hydrogen-bond acceptors (Lipinski definition) is 8. The standard InChI is InChI=1S/C33H39N5O6S3/c1-47(42,43)37-27-13-7-12-26(20-27)21-35-32(40)36-30(16-5-6-17-34-33(41)44-24-25-10-3-2-4-11-25)31(39)38(22-28-14-8-18-45-28)23-29-15-9-19-46-29/h2-4,7-15,18-20,30,37H,5-6,16-17,21-24H2,1H3,(H,34,41)(H2,35,36,40)/t30-/m0/s1. The van der Waals surface area contributed by atoms with Gasteiger partial charge in [0, 0.05) is 28.5 Å². The Morgan fingerprint density at radius 2 is 1.51 bits per heavy atom. The monoisotopic (exact) mass is 697 g/mol. The van der Waals surface area contributed by atoms with Crippen molar-refractivity contribution < 1.29 is 27.5 Å². The SMILES string of the molecule is CS(=O)(=O)Nc1cccc(CNC(=O)N[C@@H](CCCCNC(=O)OCc2ccccc2)C(=O)N(Cc2cccs2)Cc2cccs2)c1. The molecule has 4 aromatic rings. The molecular formula is C33H39N5O6S3. The zero-order chi connectivity index (χ0) is 33.5. The van der Waals surface area contributed by atoms with Crippen molar-refractivity contribution in [3.8, 4) is 0 Å². The van der Waals surface area contributed by atoms with Gasteiger partial charge in [0.1, 0.15) is 12.6 Å². The van der Waals surface area contributed by atoms with Crippen LogP contribution in [0.1, 0.15) is 40.1 Å². The molecule has 0 aliphatic carbocycles. The van der Waals surface area contributed by atoms with Crippen LogP contribution in [0.25, 0.3) is 0 Å². The number of unbranched alkanes of at least 4 members (excludes halogenated alkanes) is 1. The number of benzene rings is 2. The van der Waals surface area contributed by atoms with Crippen LogP contribution in [0, 0.1) is 0 Å². The Labute approximate surface area is 283 Å². The number of sulfonamides is 1. The van der Waals surface area contributed by atoms with Crippen molar-refractivity contribution in [3.63, 3.8) is 0 Å². The van der Waals surface area contributed by atoms with E-state index in [-0.39, 0.29) is 19.1 Å². The van der Waals surface area contributed by atoms with E-state index in [9.17, 15) is 22.8 Å². The van der Waals surface area contributed by atoms with Crippen molar-refractivity contribution in [1.29, 1.82) is 0 Å². The Balaban J connectivity index is 1.36. The first kappa shape index (κ1) is 35.5. The second-order valence-electron chi connectivity index (χ2n) is 10.8. The molecular weight excluding hydrogens is 659 g/mol. The third-order valence-corrected chi connectivity index (χ3v) is 9.18. The lowest BCUT2D eigenvalue weighted by Gasteiger charge is -2.27. The van der Waals surface area contributed by atoms with Crippen molar-refractivity contribution in [2.45, 2.75) is 51.5 Å². The predicted octanol–water partition coefficient (Wildman–Crippen LogP) is 5.67. The highest BCUT2D eigenvalue weighted by Gasteiger charge is 2.27. The minimum absolute atomic E-state index is 0.120. The van der Waals surface area contributed by atoms with E-state index in [1.807, 2.05) is 65.4 Å². The van der Waals surface area contributed by atoms with E-state index in [1.165, 1.54) is 0 Å². The van der Waals surface area contributed by atoms with Gasteiger partial charge in [-0.2, -0.15) is 0 Å². The number of anilines is 1. The van der Waals surface area contributed by atoms with Crippen molar-refractivity contribution >= 4 is 56.4 Å². The Kier molecular flexibility index (Phi) is 13.6. The van der Waals surface area contributed by atoms with Gasteiger partial charge in [-0.25, -0.2) is 18.0 Å². The van der Waals surface area contributed by atoms with Gasteiger partial charge in [0.25, 0.3) is 0 Å². The summed E-state index contributed by atoms with van der Waals surface area (Å²) in [5.74, 6) is -0.212. The average Bonchev–Trinajstić information content (AvgIpc) is 3.76. The van der Waals surface area contributed by atoms with E-state index in [2.05, 4.69) is 20.7 Å². The maximum Gasteiger partial charge on any atom is 0.407 e. The summed E-state index contributed by atoms with van der Waals surface area (Å²) in [5.41, 5.74) is 1.95. The number of urea groups is 1. The Bertz CT molecular complexity index is 1630. The number of ether oxygens (including phenoxy) is 1. The van der Waals surface area contributed by atoms with Crippen LogP contribution in [0.5, 0.6) is 0 Å². The lowest BCUT2D eigenvalue weighted by Crippen LogP contribution is -2.50. The molecule has 0 fully saturated rings. The molecule has 0 saturated carbocycles. The highest BCUT2D eigenvalue weighted by Crippen LogP contribution is 2.19. The van der Waals surface area contributed by atoms with Gasteiger partial charge in [-0.3, -0.25) is 9.52 Å². The first-order chi connectivity index (χ1) is 22.6. The molecule has 250 valence electrons. The Morgan fingerprint density at radius 3 is 2.15 bits per heavy atom. The fourth-order valence-electron chi connectivity index (χ4n) is 4.66. The largest absolute Gasteiger partial charge is 0.445 e. The van der Waals surface area contributed by atoms with Crippen LogP contribution in [0.2, 0.25) is 0 Å². The molecule has 0 unspecified atom stereocenters. The number of alkyl carbamates (subject to hydrolysis) is 1. The number of amides is 4. The summed E-state index contributed by atoms with van der Waals surface area (Å²) in [6.07, 6.45) is 2.03. The lowest BCUT2D eigenvalue weighted by molar-refractivity contribution is -0.134. The quantitative estimate of drug-likeness (QED) is 0.105. The van der Waals surface area contributed by atoms with Gasteiger partial charge in [0.05, 0.1) is 19.3 Å². The molecule has 11 nitrogen and oxygen atoms in total. The summed E-state index contributed by atoms with van der Waals surface area (Å²) in [5, 5.41) is 12.3. The summed E-state index contributed by atoms with van der Waals surface area (Å²) < 4.78 is 30.9. The van der Waals surface area contributed by atoms with Gasteiger partial charge >= 0.3 is 12.1 Å². The molecule has 0 bridgehead atoms. The molecule has 2 aromatic heterocycles. The molecule has 1 atom stereocenters. The van der Waals surface area contributed by atoms with Crippen LogP contribution in [0.3, 0.4) is 0 Å². The van der Waals surface area contributed by atoms with Crippen LogP contribution in [-0.2, 0) is 45.8 Å². The van der Waals surface area contributed by atoms with Crippen molar-refractivity contribution in [3.05, 3.63) is 111 Å². The van der Waals surface area contributed by atoms with Crippen LogP contribution in [0.15, 0.2) is 89.6 Å². The maximum absolute atomic E-state index is 14.0. The molecule has 0 radical (unpaired) electrons. The summed E-state index contributed by atoms with van der Waals surface area (Å²) in [6.45, 7) is 1.46. The molecule has 0 spiro atoms. The van der Waals surface area contributed by atoms with Gasteiger partial charge in [0.2, 0.25) is 15.9 Å². The Morgan fingerprint density at radius 1 is 0.830 bits per heavy atom. The van der Waals surface area contributed by atoms with Gasteiger partial charge < -0.3 is 25.6 Å². The summed E-state index contributed by atoms with van der Waals surface area (Å²) >= 11 is 3.12. The number of nitrogens with zero attached hydrogens (tertiary/aromatic N) is 1. The highest BCUT2D eigenvalue weighted by molar-refractivity contribution is 7.92. The molecule has 0 saturated heterocycles. The summed E-state index contributed by atoms with van der Waals surface area (Å²) in [7, 11) is -3.45. The summed E-state index contributed by atoms with van der Waals surface area (Å²) in [6, 6.07) is 22.6. The molecule has 47 heavy (non-hydrogen) atoms. The van der Waals surface area contributed by atoms with Gasteiger partial charge in [-0.15, -0.1) is 22.7 Å². The number of carbonyl (C=O) groups excluding carboxylic acids is 3. The normalized spacial score (nSPS) is 11.7. The fourth-order valence-corrected chi connectivity index (χ4v) is 6.65. The van der Waals surface area contributed by atoms with E-state index >= 15 is 0 Å². The van der Waals surface area contributed by atoms with E-state index in [0.29, 0.717) is 50.1 Å². The van der Waals surface area contributed by atoms with Crippen molar-refractivity contribution in [1.82, 2.24) is 20.9 Å². The van der Waals surface area contributed by atoms with E-state index in [0.717, 1.165) is 21.6 Å². The number of hydrogen-bond donors (Lipinski definition) is 4. The van der Waals surface area contributed by atoms with Crippen LogP contribution in [0.4, 0.5) is 15.3 Å². The molecule has 2 aromatic carbocycles. The molecule has 4 amide bonds. The first-order valence-corrected chi connectivity index (χ1v) is 18.7. The maximum atomic E-state index is 14.0. The van der Waals surface area contributed by atoms with E-state index in [4.69, 9.17) is 4.74 Å². The average molecular weight is 698 g/mol. The van der Waals surface area contributed by atoms with Crippen LogP contribution in [-0.4, -0.2) is 50.2 Å². The summed E-state index contributed by atoms with van der Waals surface area (Å²) in [4.78, 5) is 43.1. The van der Waals surface area contributed by atoms with Crippen molar-refractivity contribution in [2.75, 3.05) is 17.5 Å². The smallest absolute Gasteiger partial charge is 0.407 e. The minimum Gasteiger partial charge on any atom is -0.445 e. The molecule has 4 N–H and O–H groups in total. The van der Waals surface area contributed by atoms with Crippen molar-refractivity contribution in [2.24, 2.45) is 0 Å². The van der Waals surface area contributed by atoms with Crippen LogP contribution >= 0.6 is 22.7 Å². The van der Waals surface area contributed by atoms with Crippen LogP contribution < -0.4 is 20.7 Å². The minimum atomic E-state index is -3.45. The highest BCUT2D eigenvalue weighted by atomic mass is 32.2. The molecule has 4 rings (SSSR count). The topological polar surface area (TPSA) is 146 Å². The molecule has 0 aliphatic rings. The zero-order valence-electron chi connectivity index (χ0n) is 26.0. The van der Waals surface area contributed by atoms with Gasteiger partial charge in [-0.05, 0) is 65.4 Å². The Hall–Kier alpha value is -4.40. The van der Waals surface area contributed by atoms with Gasteiger partial charge in [-0.1, -0.05) is 54.6 Å². The van der Waals surface area contributed by atoms with E-state index < -0.39 is 28.2 Å². The second-order valence-corrected chi connectivity index (χ2v) is 14.6. The number of thiophene rings is 2. The van der Waals surface area contributed by atoms with Gasteiger partial charge in [0.15, 0.2) is 0 Å². The molecule has 0 aliphatic heterocycles. The number of rotatable bonds is 17. The predicted molar refractivity (Wildman–Crippen MR) is 185 cm³/mol. The zero-order valence-corrected chi connectivity index (χ0v) is 28.5. The third kappa shape index (κ3) is 13.1. The molecule has 2 heterocycles. The van der Waals surface area contributed by atoms with E-state index in [1.54, 1.807) is 51.8 Å². The third-order valence-electron chi connectivity index (χ3n) is 6.85. The number of nitrogens with one attached hydrogen (secondary N) is 4. The fraction of sp³-hybridized carbons (Fsp3) is 0.303. The second kappa shape index (κ2) is 18.1. The molecule has 14 heteroatoms. The first-order valence-electron chi connectivity index (χ1n) is 15.0.